The summed E-state index contributed by atoms with van der Waals surface area (Å²) in [5.41, 5.74) is 0.394. The van der Waals surface area contributed by atoms with E-state index in [0.29, 0.717) is 33.5 Å². The Balaban J connectivity index is 2.11. The SMILES string of the molecule is Cc1nc(-c2cc(C(F)(F)F)ccc2F)n2c1nnc1ccc(Cl)cc12. The van der Waals surface area contributed by atoms with Crippen molar-refractivity contribution < 1.29 is 17.6 Å². The van der Waals surface area contributed by atoms with Gasteiger partial charge in [0.05, 0.1) is 22.3 Å². The summed E-state index contributed by atoms with van der Waals surface area (Å²) in [4.78, 5) is 4.23. The molecule has 2 aromatic heterocycles. The van der Waals surface area contributed by atoms with Gasteiger partial charge in [-0.15, -0.1) is 10.2 Å². The number of fused-ring (bicyclic) bond motifs is 3. The number of hydrogen-bond donors (Lipinski definition) is 0. The van der Waals surface area contributed by atoms with Crippen LogP contribution in [0.2, 0.25) is 5.02 Å². The lowest BCUT2D eigenvalue weighted by molar-refractivity contribution is -0.137. The first-order chi connectivity index (χ1) is 12.3. The van der Waals surface area contributed by atoms with Crippen LogP contribution in [0.1, 0.15) is 11.3 Å². The van der Waals surface area contributed by atoms with Crippen LogP contribution >= 0.6 is 11.6 Å². The van der Waals surface area contributed by atoms with Crippen molar-refractivity contribution in [2.45, 2.75) is 13.1 Å². The molecule has 2 aromatic carbocycles. The monoisotopic (exact) mass is 380 g/mol. The molecule has 0 aliphatic rings. The van der Waals surface area contributed by atoms with Gasteiger partial charge in [0, 0.05) is 5.02 Å². The van der Waals surface area contributed by atoms with Gasteiger partial charge in [0.1, 0.15) is 17.2 Å². The minimum Gasteiger partial charge on any atom is -0.273 e. The highest BCUT2D eigenvalue weighted by molar-refractivity contribution is 6.31. The quantitative estimate of drug-likeness (QED) is 0.433. The van der Waals surface area contributed by atoms with E-state index in [1.54, 1.807) is 25.1 Å². The second-order valence-electron chi connectivity index (χ2n) is 5.71. The lowest BCUT2D eigenvalue weighted by Gasteiger charge is -2.10. The van der Waals surface area contributed by atoms with E-state index in [0.717, 1.165) is 12.1 Å². The first kappa shape index (κ1) is 16.7. The van der Waals surface area contributed by atoms with Crippen LogP contribution in [0, 0.1) is 12.7 Å². The van der Waals surface area contributed by atoms with Crippen LogP contribution in [0.5, 0.6) is 0 Å². The van der Waals surface area contributed by atoms with E-state index in [2.05, 4.69) is 15.2 Å². The van der Waals surface area contributed by atoms with Crippen LogP contribution in [0.4, 0.5) is 17.6 Å². The summed E-state index contributed by atoms with van der Waals surface area (Å²) in [5.74, 6) is -0.819. The van der Waals surface area contributed by atoms with Gasteiger partial charge in [-0.2, -0.15) is 13.2 Å². The van der Waals surface area contributed by atoms with Crippen LogP contribution in [0.15, 0.2) is 36.4 Å². The van der Waals surface area contributed by atoms with Gasteiger partial charge in [0.25, 0.3) is 0 Å². The molecule has 0 aliphatic carbocycles. The maximum atomic E-state index is 14.4. The molecular formula is C17H9ClF4N4. The number of benzene rings is 2. The molecule has 26 heavy (non-hydrogen) atoms. The molecule has 0 aliphatic heterocycles. The highest BCUT2D eigenvalue weighted by Gasteiger charge is 2.32. The lowest BCUT2D eigenvalue weighted by Crippen LogP contribution is -2.06. The first-order valence-corrected chi connectivity index (χ1v) is 7.81. The molecule has 0 amide bonds. The number of rotatable bonds is 1. The van der Waals surface area contributed by atoms with Gasteiger partial charge in [-0.25, -0.2) is 9.37 Å². The van der Waals surface area contributed by atoms with Crippen molar-refractivity contribution in [2.24, 2.45) is 0 Å². The van der Waals surface area contributed by atoms with Gasteiger partial charge in [-0.3, -0.25) is 4.40 Å². The zero-order valence-electron chi connectivity index (χ0n) is 13.1. The third kappa shape index (κ3) is 2.57. The predicted octanol–water partition coefficient (Wildman–Crippen LogP) is 5.06. The van der Waals surface area contributed by atoms with E-state index >= 15 is 0 Å². The zero-order chi connectivity index (χ0) is 18.6. The van der Waals surface area contributed by atoms with Gasteiger partial charge in [0.15, 0.2) is 5.65 Å². The van der Waals surface area contributed by atoms with E-state index in [4.69, 9.17) is 11.6 Å². The Bertz CT molecular complexity index is 1170. The predicted molar refractivity (Wildman–Crippen MR) is 88.4 cm³/mol. The minimum atomic E-state index is -4.60. The Morgan fingerprint density at radius 1 is 1.04 bits per heavy atom. The topological polar surface area (TPSA) is 43.1 Å². The van der Waals surface area contributed by atoms with Crippen molar-refractivity contribution in [1.29, 1.82) is 0 Å². The van der Waals surface area contributed by atoms with Gasteiger partial charge in [-0.1, -0.05) is 11.6 Å². The molecule has 0 saturated heterocycles. The van der Waals surface area contributed by atoms with Crippen molar-refractivity contribution in [3.05, 3.63) is 58.5 Å². The molecule has 0 fully saturated rings. The fraction of sp³-hybridized carbons (Fsp3) is 0.118. The first-order valence-electron chi connectivity index (χ1n) is 7.44. The van der Waals surface area contributed by atoms with Crippen LogP contribution < -0.4 is 0 Å². The van der Waals surface area contributed by atoms with E-state index in [1.165, 1.54) is 4.40 Å². The van der Waals surface area contributed by atoms with Crippen LogP contribution in [-0.4, -0.2) is 19.6 Å². The summed E-state index contributed by atoms with van der Waals surface area (Å²) in [7, 11) is 0. The number of aromatic nitrogens is 4. The molecule has 9 heteroatoms. The van der Waals surface area contributed by atoms with Crippen LogP contribution in [-0.2, 0) is 6.18 Å². The Morgan fingerprint density at radius 2 is 1.81 bits per heavy atom. The summed E-state index contributed by atoms with van der Waals surface area (Å²) < 4.78 is 55.0. The van der Waals surface area contributed by atoms with Crippen LogP contribution in [0.3, 0.4) is 0 Å². The largest absolute Gasteiger partial charge is 0.416 e. The average Bonchev–Trinajstić information content (AvgIpc) is 2.91. The smallest absolute Gasteiger partial charge is 0.273 e. The molecular weight excluding hydrogens is 372 g/mol. The lowest BCUT2D eigenvalue weighted by atomic mass is 10.1. The molecule has 4 rings (SSSR count). The molecule has 0 saturated carbocycles. The van der Waals surface area contributed by atoms with Gasteiger partial charge >= 0.3 is 6.18 Å². The van der Waals surface area contributed by atoms with E-state index in [-0.39, 0.29) is 11.4 Å². The van der Waals surface area contributed by atoms with Crippen LogP contribution in [0.25, 0.3) is 28.1 Å². The maximum Gasteiger partial charge on any atom is 0.416 e. The number of hydrogen-bond acceptors (Lipinski definition) is 3. The molecule has 0 N–H and O–H groups in total. The fourth-order valence-electron chi connectivity index (χ4n) is 2.78. The average molecular weight is 381 g/mol. The van der Waals surface area contributed by atoms with Crippen molar-refractivity contribution in [3.8, 4) is 11.4 Å². The summed E-state index contributed by atoms with van der Waals surface area (Å²) in [5, 5.41) is 8.50. The summed E-state index contributed by atoms with van der Waals surface area (Å²) in [6.07, 6.45) is -4.60. The Hall–Kier alpha value is -2.74. The Labute approximate surface area is 149 Å². The van der Waals surface area contributed by atoms with Crippen molar-refractivity contribution in [3.63, 3.8) is 0 Å². The molecule has 4 aromatic rings. The minimum absolute atomic E-state index is 0.00302. The molecule has 4 nitrogen and oxygen atoms in total. The molecule has 2 heterocycles. The van der Waals surface area contributed by atoms with Gasteiger partial charge in [-0.05, 0) is 43.3 Å². The number of aryl methyl sites for hydroxylation is 1. The summed E-state index contributed by atoms with van der Waals surface area (Å²) in [6.45, 7) is 1.62. The molecule has 0 bridgehead atoms. The second-order valence-corrected chi connectivity index (χ2v) is 6.14. The number of nitrogens with zero attached hydrogens (tertiary/aromatic N) is 4. The van der Waals surface area contributed by atoms with Gasteiger partial charge in [0.2, 0.25) is 0 Å². The van der Waals surface area contributed by atoms with E-state index in [1.807, 2.05) is 0 Å². The number of halogens is 5. The van der Waals surface area contributed by atoms with E-state index in [9.17, 15) is 17.6 Å². The van der Waals surface area contributed by atoms with Crippen molar-refractivity contribution in [2.75, 3.05) is 0 Å². The zero-order valence-corrected chi connectivity index (χ0v) is 13.9. The van der Waals surface area contributed by atoms with Crippen molar-refractivity contribution in [1.82, 2.24) is 19.6 Å². The standard InChI is InChI=1S/C17H9ClF4N4/c1-8-15-25-24-13-5-3-10(18)7-14(13)26(15)16(23-8)11-6-9(17(20,21)22)2-4-12(11)19/h2-7H,1H3. The number of alkyl halides is 3. The third-order valence-corrected chi connectivity index (χ3v) is 4.22. The Morgan fingerprint density at radius 3 is 2.54 bits per heavy atom. The molecule has 0 radical (unpaired) electrons. The molecule has 0 atom stereocenters. The maximum absolute atomic E-state index is 14.4. The Kier molecular flexibility index (Phi) is 3.62. The normalized spacial score (nSPS) is 12.2. The summed E-state index contributed by atoms with van der Waals surface area (Å²) >= 11 is 6.04. The molecule has 132 valence electrons. The highest BCUT2D eigenvalue weighted by Crippen LogP contribution is 2.34. The molecule has 0 spiro atoms. The van der Waals surface area contributed by atoms with E-state index < -0.39 is 17.6 Å². The van der Waals surface area contributed by atoms with Crippen molar-refractivity contribution >= 4 is 28.3 Å². The van der Waals surface area contributed by atoms with Gasteiger partial charge < -0.3 is 0 Å². The number of imidazole rings is 1. The third-order valence-electron chi connectivity index (χ3n) is 3.99. The molecule has 0 unspecified atom stereocenters. The summed E-state index contributed by atoms with van der Waals surface area (Å²) in [6, 6.07) is 7.01. The second kappa shape index (κ2) is 5.63. The highest BCUT2D eigenvalue weighted by atomic mass is 35.5. The fourth-order valence-corrected chi connectivity index (χ4v) is 2.95.